The fraction of sp³-hybridized carbons (Fsp3) is 0.455. The second-order valence-electron chi connectivity index (χ2n) is 4.16. The Morgan fingerprint density at radius 2 is 2.29 bits per heavy atom. The van der Waals surface area contributed by atoms with E-state index in [1.54, 1.807) is 11.1 Å². The van der Waals surface area contributed by atoms with Crippen molar-refractivity contribution in [1.29, 1.82) is 0 Å². The summed E-state index contributed by atoms with van der Waals surface area (Å²) in [7, 11) is 1.85. The number of rotatable bonds is 1. The number of fused-ring (bicyclic) bond motifs is 1. The highest BCUT2D eigenvalue weighted by Crippen LogP contribution is 2.42. The van der Waals surface area contributed by atoms with Gasteiger partial charge in [0.2, 0.25) is 0 Å². The second kappa shape index (κ2) is 2.56. The molecule has 1 amide bonds. The van der Waals surface area contributed by atoms with Crippen LogP contribution in [0.25, 0.3) is 0 Å². The summed E-state index contributed by atoms with van der Waals surface area (Å²) in [5.41, 5.74) is 3.20. The molecule has 0 bridgehead atoms. The van der Waals surface area contributed by atoms with Gasteiger partial charge in [0.15, 0.2) is 0 Å². The lowest BCUT2D eigenvalue weighted by Crippen LogP contribution is -2.17. The number of pyridine rings is 1. The fourth-order valence-corrected chi connectivity index (χ4v) is 2.10. The van der Waals surface area contributed by atoms with Gasteiger partial charge in [-0.3, -0.25) is 9.78 Å². The third-order valence-electron chi connectivity index (χ3n) is 3.03. The summed E-state index contributed by atoms with van der Waals surface area (Å²) in [5, 5.41) is 0. The van der Waals surface area contributed by atoms with E-state index in [4.69, 9.17) is 0 Å². The van der Waals surface area contributed by atoms with Crippen LogP contribution in [-0.4, -0.2) is 22.8 Å². The molecule has 0 radical (unpaired) electrons. The first kappa shape index (κ1) is 7.97. The Hall–Kier alpha value is -1.38. The molecule has 14 heavy (non-hydrogen) atoms. The van der Waals surface area contributed by atoms with Crippen LogP contribution in [0.4, 0.5) is 0 Å². The highest BCUT2D eigenvalue weighted by molar-refractivity contribution is 5.98. The molecule has 3 heteroatoms. The number of hydrogen-bond donors (Lipinski definition) is 0. The number of aromatic nitrogens is 1. The lowest BCUT2D eigenvalue weighted by atomic mass is 10.1. The maximum atomic E-state index is 11.7. The van der Waals surface area contributed by atoms with Crippen molar-refractivity contribution < 1.29 is 4.79 Å². The molecule has 0 atom stereocenters. The van der Waals surface area contributed by atoms with Gasteiger partial charge in [0.05, 0.1) is 0 Å². The highest BCUT2D eigenvalue weighted by Gasteiger charge is 2.33. The number of nitrogens with zero attached hydrogens (tertiary/aromatic N) is 2. The Morgan fingerprint density at radius 1 is 1.50 bits per heavy atom. The Bertz CT molecular complexity index is 410. The Labute approximate surface area is 82.8 Å². The molecule has 72 valence electrons. The molecule has 0 spiro atoms. The van der Waals surface area contributed by atoms with E-state index in [-0.39, 0.29) is 5.91 Å². The number of amides is 1. The average Bonchev–Trinajstić information content (AvgIpc) is 2.96. The van der Waals surface area contributed by atoms with Gasteiger partial charge in [0.25, 0.3) is 5.91 Å². The maximum absolute atomic E-state index is 11.7. The molecule has 1 saturated carbocycles. The number of carbonyl (C=O) groups excluding carboxylic acids is 1. The van der Waals surface area contributed by atoms with E-state index >= 15 is 0 Å². The minimum Gasteiger partial charge on any atom is -0.337 e. The molecule has 1 aromatic rings. The van der Waals surface area contributed by atoms with Crippen molar-refractivity contribution in [3.05, 3.63) is 29.1 Å². The van der Waals surface area contributed by atoms with Gasteiger partial charge in [-0.2, -0.15) is 0 Å². The molecule has 1 fully saturated rings. The van der Waals surface area contributed by atoms with Crippen LogP contribution in [-0.2, 0) is 6.54 Å². The summed E-state index contributed by atoms with van der Waals surface area (Å²) >= 11 is 0. The van der Waals surface area contributed by atoms with Gasteiger partial charge < -0.3 is 4.90 Å². The van der Waals surface area contributed by atoms with E-state index in [0.717, 1.165) is 12.1 Å². The van der Waals surface area contributed by atoms with Crippen LogP contribution in [0.3, 0.4) is 0 Å². The molecule has 0 N–H and O–H groups in total. The van der Waals surface area contributed by atoms with Gasteiger partial charge >= 0.3 is 0 Å². The second-order valence-corrected chi connectivity index (χ2v) is 4.16. The number of carbonyl (C=O) groups is 1. The van der Waals surface area contributed by atoms with Crippen molar-refractivity contribution in [2.24, 2.45) is 0 Å². The molecule has 0 unspecified atom stereocenters. The summed E-state index contributed by atoms with van der Waals surface area (Å²) in [6.07, 6.45) is 4.24. The fourth-order valence-electron chi connectivity index (χ4n) is 2.10. The van der Waals surface area contributed by atoms with Crippen molar-refractivity contribution in [3.63, 3.8) is 0 Å². The van der Waals surface area contributed by atoms with Gasteiger partial charge in [-0.25, -0.2) is 0 Å². The van der Waals surface area contributed by atoms with Gasteiger partial charge in [0, 0.05) is 42.5 Å². The molecule has 1 aromatic heterocycles. The van der Waals surface area contributed by atoms with Crippen LogP contribution in [0.5, 0.6) is 0 Å². The summed E-state index contributed by atoms with van der Waals surface area (Å²) in [6.45, 7) is 0.744. The molecule has 2 aliphatic rings. The predicted molar refractivity (Wildman–Crippen MR) is 52.0 cm³/mol. The predicted octanol–water partition coefficient (Wildman–Crippen LogP) is 1.54. The average molecular weight is 188 g/mol. The molecule has 0 saturated heterocycles. The lowest BCUT2D eigenvalue weighted by Gasteiger charge is -2.05. The van der Waals surface area contributed by atoms with E-state index in [9.17, 15) is 4.79 Å². The van der Waals surface area contributed by atoms with Gasteiger partial charge in [-0.1, -0.05) is 0 Å². The van der Waals surface area contributed by atoms with E-state index in [1.807, 2.05) is 13.1 Å². The monoisotopic (exact) mass is 188 g/mol. The van der Waals surface area contributed by atoms with Crippen molar-refractivity contribution in [3.8, 4) is 0 Å². The smallest absolute Gasteiger partial charge is 0.254 e. The van der Waals surface area contributed by atoms with E-state index in [0.29, 0.717) is 5.92 Å². The molecule has 2 heterocycles. The Balaban J connectivity index is 2.14. The van der Waals surface area contributed by atoms with E-state index < -0.39 is 0 Å². The Morgan fingerprint density at radius 3 is 3.00 bits per heavy atom. The third-order valence-corrected chi connectivity index (χ3v) is 3.03. The number of hydrogen-bond acceptors (Lipinski definition) is 2. The van der Waals surface area contributed by atoms with Crippen LogP contribution in [0.1, 0.15) is 40.4 Å². The maximum Gasteiger partial charge on any atom is 0.254 e. The lowest BCUT2D eigenvalue weighted by molar-refractivity contribution is 0.0816. The van der Waals surface area contributed by atoms with Crippen molar-refractivity contribution in [1.82, 2.24) is 9.88 Å². The minimum atomic E-state index is 0.143. The first-order valence-corrected chi connectivity index (χ1v) is 5.00. The SMILES string of the molecule is CN1Cc2c(ccnc2C2CC2)C1=O. The normalized spacial score (nSPS) is 20.1. The van der Waals surface area contributed by atoms with Crippen LogP contribution >= 0.6 is 0 Å². The quantitative estimate of drug-likeness (QED) is 0.669. The zero-order chi connectivity index (χ0) is 9.71. The van der Waals surface area contributed by atoms with Gasteiger partial charge in [-0.15, -0.1) is 0 Å². The summed E-state index contributed by atoms with van der Waals surface area (Å²) in [6, 6.07) is 1.84. The summed E-state index contributed by atoms with van der Waals surface area (Å²) in [4.78, 5) is 17.9. The first-order valence-electron chi connectivity index (χ1n) is 5.00. The van der Waals surface area contributed by atoms with Crippen molar-refractivity contribution in [2.45, 2.75) is 25.3 Å². The Kier molecular flexibility index (Phi) is 1.46. The molecular formula is C11H12N2O. The molecular weight excluding hydrogens is 176 g/mol. The molecule has 0 aromatic carbocycles. The van der Waals surface area contributed by atoms with Gasteiger partial charge in [-0.05, 0) is 18.9 Å². The highest BCUT2D eigenvalue weighted by atomic mass is 16.2. The van der Waals surface area contributed by atoms with Crippen LogP contribution < -0.4 is 0 Å². The topological polar surface area (TPSA) is 33.2 Å². The van der Waals surface area contributed by atoms with Crippen molar-refractivity contribution >= 4 is 5.91 Å². The molecule has 3 rings (SSSR count). The van der Waals surface area contributed by atoms with Gasteiger partial charge in [0.1, 0.15) is 0 Å². The largest absolute Gasteiger partial charge is 0.337 e. The third kappa shape index (κ3) is 0.983. The zero-order valence-corrected chi connectivity index (χ0v) is 8.16. The van der Waals surface area contributed by atoms with Crippen LogP contribution in [0, 0.1) is 0 Å². The van der Waals surface area contributed by atoms with E-state index in [2.05, 4.69) is 4.98 Å². The molecule has 3 nitrogen and oxygen atoms in total. The van der Waals surface area contributed by atoms with Crippen LogP contribution in [0.2, 0.25) is 0 Å². The minimum absolute atomic E-state index is 0.143. The van der Waals surface area contributed by atoms with Crippen molar-refractivity contribution in [2.75, 3.05) is 7.05 Å². The summed E-state index contributed by atoms with van der Waals surface area (Å²) < 4.78 is 0. The molecule has 1 aliphatic heterocycles. The molecule has 1 aliphatic carbocycles. The van der Waals surface area contributed by atoms with E-state index in [1.165, 1.54) is 24.1 Å². The summed E-state index contributed by atoms with van der Waals surface area (Å²) in [5.74, 6) is 0.772. The van der Waals surface area contributed by atoms with Crippen LogP contribution in [0.15, 0.2) is 12.3 Å². The first-order chi connectivity index (χ1) is 6.77. The zero-order valence-electron chi connectivity index (χ0n) is 8.16. The standard InChI is InChI=1S/C11H12N2O/c1-13-6-9-8(11(13)14)4-5-12-10(9)7-2-3-7/h4-5,7H,2-3,6H2,1H3.